The van der Waals surface area contributed by atoms with Crippen molar-refractivity contribution in [3.63, 3.8) is 0 Å². The van der Waals surface area contributed by atoms with E-state index in [1.165, 1.54) is 36.2 Å². The number of benzene rings is 3. The van der Waals surface area contributed by atoms with Gasteiger partial charge in [-0.2, -0.15) is 5.10 Å². The number of fused-ring (bicyclic) bond motifs is 1. The minimum absolute atomic E-state index is 0.136. The molecule has 32 heavy (non-hydrogen) atoms. The summed E-state index contributed by atoms with van der Waals surface area (Å²) in [7, 11) is 0. The van der Waals surface area contributed by atoms with E-state index in [0.29, 0.717) is 17.1 Å². The van der Waals surface area contributed by atoms with Gasteiger partial charge in [0.15, 0.2) is 11.0 Å². The number of rotatable bonds is 7. The third kappa shape index (κ3) is 5.04. The average Bonchev–Trinajstić information content (AvgIpc) is 3.14. The van der Waals surface area contributed by atoms with Crippen molar-refractivity contribution < 1.29 is 19.6 Å². The number of hydrazone groups is 1. The molecule has 4 rings (SSSR count). The van der Waals surface area contributed by atoms with Crippen molar-refractivity contribution in [2.24, 2.45) is 5.10 Å². The summed E-state index contributed by atoms with van der Waals surface area (Å²) in [6.45, 7) is 0.561. The maximum absolute atomic E-state index is 12.3. The molecule has 0 saturated carbocycles. The number of hydrogen-bond acceptors (Lipinski definition) is 5. The Labute approximate surface area is 193 Å². The summed E-state index contributed by atoms with van der Waals surface area (Å²) < 4.78 is 2.09. The van der Waals surface area contributed by atoms with Crippen LogP contribution in [0, 0.1) is 0 Å². The first-order valence-electron chi connectivity index (χ1n) is 9.70. The predicted molar refractivity (Wildman–Crippen MR) is 123 cm³/mol. The number of aromatic amines is 1. The van der Waals surface area contributed by atoms with E-state index in [1.54, 1.807) is 0 Å². The molecule has 0 saturated heterocycles. The van der Waals surface area contributed by atoms with Crippen LogP contribution in [0.1, 0.15) is 11.1 Å². The van der Waals surface area contributed by atoms with Crippen molar-refractivity contribution in [3.8, 4) is 11.5 Å². The van der Waals surface area contributed by atoms with E-state index in [-0.39, 0.29) is 17.4 Å². The Hall–Kier alpha value is -3.49. The SMILES string of the molecule is O=C(CSc1[nH]c2ccccc2[n+]1Cc1ccccc1Cl)NN=Cc1ccc([O-])c(O)c1. The average molecular weight is 467 g/mol. The fourth-order valence-electron chi connectivity index (χ4n) is 3.13. The number of imidazole rings is 1. The van der Waals surface area contributed by atoms with Gasteiger partial charge in [0.05, 0.1) is 12.0 Å². The highest BCUT2D eigenvalue weighted by atomic mass is 35.5. The summed E-state index contributed by atoms with van der Waals surface area (Å²) in [6.07, 6.45) is 1.36. The summed E-state index contributed by atoms with van der Waals surface area (Å²) in [6, 6.07) is 19.6. The Bertz CT molecular complexity index is 1310. The molecule has 0 unspecified atom stereocenters. The van der Waals surface area contributed by atoms with Crippen molar-refractivity contribution in [1.82, 2.24) is 10.4 Å². The first-order valence-corrected chi connectivity index (χ1v) is 11.1. The highest BCUT2D eigenvalue weighted by molar-refractivity contribution is 7.99. The Morgan fingerprint density at radius 3 is 2.78 bits per heavy atom. The molecular weight excluding hydrogens is 448 g/mol. The number of halogens is 1. The number of H-pyrrole nitrogens is 1. The van der Waals surface area contributed by atoms with Crippen LogP contribution in [0.5, 0.6) is 11.5 Å². The Kier molecular flexibility index (Phi) is 6.63. The molecular formula is C23H19ClN4O3S. The topological polar surface area (TPSA) is 104 Å². The second kappa shape index (κ2) is 9.76. The van der Waals surface area contributed by atoms with E-state index in [0.717, 1.165) is 21.8 Å². The Morgan fingerprint density at radius 2 is 1.97 bits per heavy atom. The van der Waals surface area contributed by atoms with E-state index >= 15 is 0 Å². The fraction of sp³-hybridized carbons (Fsp3) is 0.0870. The van der Waals surface area contributed by atoms with Gasteiger partial charge in [0, 0.05) is 10.6 Å². The molecule has 0 atom stereocenters. The zero-order valence-corrected chi connectivity index (χ0v) is 18.4. The van der Waals surface area contributed by atoms with Crippen molar-refractivity contribution in [3.05, 3.63) is 82.9 Å². The number of phenolic OH excluding ortho intramolecular Hbond substituents is 1. The van der Waals surface area contributed by atoms with Crippen molar-refractivity contribution >= 4 is 46.5 Å². The van der Waals surface area contributed by atoms with E-state index in [2.05, 4.69) is 20.1 Å². The fourth-order valence-corrected chi connectivity index (χ4v) is 4.16. The van der Waals surface area contributed by atoms with E-state index < -0.39 is 5.75 Å². The lowest BCUT2D eigenvalue weighted by molar-refractivity contribution is -0.700. The molecule has 0 aliphatic heterocycles. The molecule has 0 aliphatic rings. The third-order valence-electron chi connectivity index (χ3n) is 4.69. The number of amides is 1. The first kappa shape index (κ1) is 21.7. The Balaban J connectivity index is 1.45. The number of aromatic hydroxyl groups is 1. The van der Waals surface area contributed by atoms with E-state index in [9.17, 15) is 15.0 Å². The minimum Gasteiger partial charge on any atom is -0.870 e. The second-order valence-corrected chi connectivity index (χ2v) is 8.31. The number of aromatic nitrogens is 2. The highest BCUT2D eigenvalue weighted by Gasteiger charge is 2.21. The molecule has 4 aromatic rings. The summed E-state index contributed by atoms with van der Waals surface area (Å²) >= 11 is 7.71. The number of carbonyl (C=O) groups is 1. The Morgan fingerprint density at radius 1 is 1.19 bits per heavy atom. The van der Waals surface area contributed by atoms with Crippen LogP contribution in [0.2, 0.25) is 5.02 Å². The maximum atomic E-state index is 12.3. The number of thioether (sulfide) groups is 1. The number of nitrogens with one attached hydrogen (secondary N) is 2. The number of hydrogen-bond donors (Lipinski definition) is 3. The highest BCUT2D eigenvalue weighted by Crippen LogP contribution is 2.22. The lowest BCUT2D eigenvalue weighted by Crippen LogP contribution is -2.36. The molecule has 0 radical (unpaired) electrons. The molecule has 0 fully saturated rings. The van der Waals surface area contributed by atoms with Crippen LogP contribution in [0.25, 0.3) is 11.0 Å². The first-order chi connectivity index (χ1) is 15.5. The molecule has 3 N–H and O–H groups in total. The van der Waals surface area contributed by atoms with Crippen LogP contribution in [-0.2, 0) is 11.3 Å². The molecule has 1 amide bonds. The normalized spacial score (nSPS) is 11.3. The number of para-hydroxylation sites is 2. The van der Waals surface area contributed by atoms with Crippen LogP contribution in [0.4, 0.5) is 0 Å². The van der Waals surface area contributed by atoms with Crippen LogP contribution < -0.4 is 15.1 Å². The zero-order valence-electron chi connectivity index (χ0n) is 16.8. The van der Waals surface area contributed by atoms with Gasteiger partial charge in [-0.3, -0.25) is 4.79 Å². The van der Waals surface area contributed by atoms with Crippen molar-refractivity contribution in [1.29, 1.82) is 0 Å². The number of carbonyl (C=O) groups excluding carboxylic acids is 1. The maximum Gasteiger partial charge on any atom is 0.317 e. The molecule has 1 aromatic heterocycles. The quantitative estimate of drug-likeness (QED) is 0.168. The van der Waals surface area contributed by atoms with Gasteiger partial charge < -0.3 is 10.2 Å². The van der Waals surface area contributed by atoms with Gasteiger partial charge in [-0.05, 0) is 41.6 Å². The molecule has 0 spiro atoms. The van der Waals surface area contributed by atoms with Crippen molar-refractivity contribution in [2.75, 3.05) is 5.75 Å². The van der Waals surface area contributed by atoms with Crippen LogP contribution in [0.3, 0.4) is 0 Å². The molecule has 3 aromatic carbocycles. The largest absolute Gasteiger partial charge is 0.870 e. The smallest absolute Gasteiger partial charge is 0.317 e. The van der Waals surface area contributed by atoms with Crippen LogP contribution >= 0.6 is 23.4 Å². The lowest BCUT2D eigenvalue weighted by Gasteiger charge is -2.07. The van der Waals surface area contributed by atoms with Crippen LogP contribution in [0.15, 0.2) is 77.0 Å². The van der Waals surface area contributed by atoms with Gasteiger partial charge in [0.25, 0.3) is 5.91 Å². The molecule has 0 aliphatic carbocycles. The monoisotopic (exact) mass is 466 g/mol. The second-order valence-electron chi connectivity index (χ2n) is 6.93. The van der Waals surface area contributed by atoms with E-state index in [1.807, 2.05) is 48.5 Å². The van der Waals surface area contributed by atoms with Gasteiger partial charge >= 0.3 is 5.16 Å². The molecule has 7 nitrogen and oxygen atoms in total. The molecule has 1 heterocycles. The summed E-state index contributed by atoms with van der Waals surface area (Å²) in [4.78, 5) is 15.6. The van der Waals surface area contributed by atoms with Gasteiger partial charge in [0.1, 0.15) is 12.3 Å². The van der Waals surface area contributed by atoms with Gasteiger partial charge in [0.2, 0.25) is 0 Å². The summed E-state index contributed by atoms with van der Waals surface area (Å²) in [5.41, 5.74) is 5.90. The predicted octanol–water partition coefficient (Wildman–Crippen LogP) is 3.18. The third-order valence-corrected chi connectivity index (χ3v) is 6.06. The molecule has 0 bridgehead atoms. The summed E-state index contributed by atoms with van der Waals surface area (Å²) in [5, 5.41) is 26.1. The standard InChI is InChI=1S/C23H19ClN4O3S/c24-17-6-2-1-5-16(17)13-28-19-8-4-3-7-18(19)26-23(28)32-14-22(31)27-25-12-15-9-10-20(29)21(30)11-15/h1-12H,13-14H2,(H3,25,27,29,30,31). The zero-order chi connectivity index (χ0) is 22.5. The molecule has 9 heteroatoms. The molecule has 162 valence electrons. The minimum atomic E-state index is -0.467. The number of phenols is 1. The summed E-state index contributed by atoms with van der Waals surface area (Å²) in [5.74, 6) is -0.986. The van der Waals surface area contributed by atoms with Gasteiger partial charge in [-0.1, -0.05) is 59.8 Å². The number of nitrogens with zero attached hydrogens (tertiary/aromatic N) is 2. The van der Waals surface area contributed by atoms with Crippen LogP contribution in [-0.4, -0.2) is 28.0 Å². The van der Waals surface area contributed by atoms with Gasteiger partial charge in [-0.15, -0.1) is 0 Å². The lowest BCUT2D eigenvalue weighted by atomic mass is 10.2. The van der Waals surface area contributed by atoms with Crippen molar-refractivity contribution in [2.45, 2.75) is 11.7 Å². The van der Waals surface area contributed by atoms with Gasteiger partial charge in [-0.25, -0.2) is 15.0 Å². The van der Waals surface area contributed by atoms with E-state index in [4.69, 9.17) is 11.6 Å².